The van der Waals surface area contributed by atoms with E-state index in [2.05, 4.69) is 30.2 Å². The van der Waals surface area contributed by atoms with Gasteiger partial charge in [-0.2, -0.15) is 0 Å². The minimum absolute atomic E-state index is 0.0234. The number of rotatable bonds is 3. The molecule has 0 unspecified atom stereocenters. The molecule has 1 spiro atoms. The maximum Gasteiger partial charge on any atom is 0.270 e. The Labute approximate surface area is 192 Å². The molecule has 4 aliphatic rings. The molecule has 1 aromatic heterocycles. The molecule has 5 heteroatoms. The van der Waals surface area contributed by atoms with Gasteiger partial charge < -0.3 is 10.2 Å². The molecule has 0 saturated heterocycles. The highest BCUT2D eigenvalue weighted by Crippen LogP contribution is 2.60. The monoisotopic (exact) mass is 435 g/mol. The molecule has 3 aliphatic carbocycles. The highest BCUT2D eigenvalue weighted by atomic mass is 16.2. The van der Waals surface area contributed by atoms with E-state index in [1.54, 1.807) is 6.20 Å². The maximum absolute atomic E-state index is 13.1. The van der Waals surface area contributed by atoms with Crippen molar-refractivity contribution in [2.45, 2.75) is 83.7 Å². The summed E-state index contributed by atoms with van der Waals surface area (Å²) in [5, 5.41) is 3.41. The van der Waals surface area contributed by atoms with Crippen LogP contribution in [0.4, 0.5) is 0 Å². The molecular formula is C27H37N3O2. The van der Waals surface area contributed by atoms with Gasteiger partial charge in [0, 0.05) is 30.7 Å². The van der Waals surface area contributed by atoms with Crippen molar-refractivity contribution in [1.29, 1.82) is 0 Å². The lowest BCUT2D eigenvalue weighted by atomic mass is 9.54. The van der Waals surface area contributed by atoms with Crippen LogP contribution >= 0.6 is 0 Å². The Hall–Kier alpha value is -2.17. The summed E-state index contributed by atoms with van der Waals surface area (Å²) in [4.78, 5) is 31.7. The van der Waals surface area contributed by atoms with Crippen molar-refractivity contribution in [3.05, 3.63) is 41.7 Å². The van der Waals surface area contributed by atoms with Crippen molar-refractivity contribution in [3.63, 3.8) is 0 Å². The van der Waals surface area contributed by atoms with E-state index in [1.165, 1.54) is 19.3 Å². The Bertz CT molecular complexity index is 943. The van der Waals surface area contributed by atoms with Gasteiger partial charge in [0.05, 0.1) is 0 Å². The zero-order valence-corrected chi connectivity index (χ0v) is 19.8. The van der Waals surface area contributed by atoms with Crippen molar-refractivity contribution >= 4 is 11.8 Å². The zero-order chi connectivity index (χ0) is 22.5. The van der Waals surface area contributed by atoms with Crippen molar-refractivity contribution < 1.29 is 9.59 Å². The van der Waals surface area contributed by atoms with Crippen molar-refractivity contribution in [2.75, 3.05) is 7.05 Å². The molecule has 1 aromatic rings. The molecule has 1 aliphatic heterocycles. The summed E-state index contributed by atoms with van der Waals surface area (Å²) in [6.45, 7) is 4.53. The maximum atomic E-state index is 13.1. The third-order valence-corrected chi connectivity index (χ3v) is 9.60. The van der Waals surface area contributed by atoms with Gasteiger partial charge in [-0.3, -0.25) is 14.6 Å². The number of hydrogen-bond acceptors (Lipinski definition) is 3. The van der Waals surface area contributed by atoms with Gasteiger partial charge in [0.15, 0.2) is 0 Å². The van der Waals surface area contributed by atoms with Crippen LogP contribution < -0.4 is 5.32 Å². The highest BCUT2D eigenvalue weighted by molar-refractivity contribution is 5.92. The summed E-state index contributed by atoms with van der Waals surface area (Å²) in [5.41, 5.74) is 1.98. The van der Waals surface area contributed by atoms with E-state index in [0.717, 1.165) is 44.1 Å². The van der Waals surface area contributed by atoms with Crippen molar-refractivity contribution in [1.82, 2.24) is 15.2 Å². The van der Waals surface area contributed by atoms with Crippen LogP contribution in [-0.4, -0.2) is 40.8 Å². The van der Waals surface area contributed by atoms with E-state index in [-0.39, 0.29) is 28.7 Å². The summed E-state index contributed by atoms with van der Waals surface area (Å²) < 4.78 is 0. The molecule has 3 fully saturated rings. The largest absolute Gasteiger partial charge is 0.347 e. The van der Waals surface area contributed by atoms with E-state index in [0.29, 0.717) is 23.6 Å². The van der Waals surface area contributed by atoms with Gasteiger partial charge in [-0.1, -0.05) is 26.3 Å². The smallest absolute Gasteiger partial charge is 0.270 e. The summed E-state index contributed by atoms with van der Waals surface area (Å²) in [5.74, 6) is 1.45. The first-order valence-electron chi connectivity index (χ1n) is 12.6. The predicted molar refractivity (Wildman–Crippen MR) is 125 cm³/mol. The van der Waals surface area contributed by atoms with Crippen LogP contribution in [-0.2, 0) is 11.2 Å². The van der Waals surface area contributed by atoms with E-state index in [4.69, 9.17) is 0 Å². The fraction of sp³-hybridized carbons (Fsp3) is 0.667. The SMILES string of the molecule is CCc1ccnc(C(=O)N[C@H]2CC[C@H]3[C@@H]4CC[C@H]5N(C)C(=O)C=C[C@]5(CCC[C@]23C)C4)c1. The third kappa shape index (κ3) is 3.39. The predicted octanol–water partition coefficient (Wildman–Crippen LogP) is 4.53. The van der Waals surface area contributed by atoms with E-state index >= 15 is 0 Å². The van der Waals surface area contributed by atoms with Crippen LogP contribution in [0.3, 0.4) is 0 Å². The first-order valence-corrected chi connectivity index (χ1v) is 12.6. The lowest BCUT2D eigenvalue weighted by molar-refractivity contribution is -0.133. The number of pyridine rings is 1. The normalized spacial score (nSPS) is 38.5. The second kappa shape index (κ2) is 8.00. The van der Waals surface area contributed by atoms with Gasteiger partial charge in [-0.25, -0.2) is 0 Å². The van der Waals surface area contributed by atoms with Crippen molar-refractivity contribution in [2.24, 2.45) is 22.7 Å². The number of aryl methyl sites for hydroxylation is 1. The van der Waals surface area contributed by atoms with Gasteiger partial charge in [-0.05, 0) is 92.4 Å². The Morgan fingerprint density at radius 3 is 2.91 bits per heavy atom. The van der Waals surface area contributed by atoms with Crippen LogP contribution in [0, 0.1) is 22.7 Å². The topological polar surface area (TPSA) is 62.3 Å². The molecule has 1 N–H and O–H groups in total. The fourth-order valence-electron chi connectivity index (χ4n) is 7.83. The van der Waals surface area contributed by atoms with Gasteiger partial charge in [-0.15, -0.1) is 0 Å². The molecule has 2 bridgehead atoms. The molecule has 0 radical (unpaired) electrons. The summed E-state index contributed by atoms with van der Waals surface area (Å²) in [7, 11) is 1.99. The number of likely N-dealkylation sites (N-methyl/N-ethyl adjacent to an activating group) is 1. The zero-order valence-electron chi connectivity index (χ0n) is 19.8. The first-order chi connectivity index (χ1) is 15.4. The van der Waals surface area contributed by atoms with Crippen LogP contribution in [0.2, 0.25) is 0 Å². The summed E-state index contributed by atoms with van der Waals surface area (Å²) in [6, 6.07) is 4.48. The van der Waals surface area contributed by atoms with E-state index in [1.807, 2.05) is 30.2 Å². The van der Waals surface area contributed by atoms with Gasteiger partial charge in [0.1, 0.15) is 5.69 Å². The Morgan fingerprint density at radius 2 is 2.09 bits per heavy atom. The van der Waals surface area contributed by atoms with Gasteiger partial charge in [0.25, 0.3) is 5.91 Å². The highest BCUT2D eigenvalue weighted by Gasteiger charge is 2.56. The van der Waals surface area contributed by atoms with Crippen LogP contribution in [0.1, 0.15) is 81.3 Å². The number of carbonyl (C=O) groups is 2. The van der Waals surface area contributed by atoms with Gasteiger partial charge >= 0.3 is 0 Å². The van der Waals surface area contributed by atoms with E-state index < -0.39 is 0 Å². The number of nitrogens with zero attached hydrogens (tertiary/aromatic N) is 2. The Morgan fingerprint density at radius 1 is 1.25 bits per heavy atom. The Balaban J connectivity index is 1.36. The molecule has 6 atom stereocenters. The second-order valence-electron chi connectivity index (χ2n) is 11.0. The average Bonchev–Trinajstić information content (AvgIpc) is 3.11. The molecule has 5 nitrogen and oxygen atoms in total. The number of hydrogen-bond donors (Lipinski definition) is 1. The van der Waals surface area contributed by atoms with Crippen LogP contribution in [0.15, 0.2) is 30.5 Å². The minimum Gasteiger partial charge on any atom is -0.347 e. The van der Waals surface area contributed by atoms with Crippen LogP contribution in [0.25, 0.3) is 0 Å². The quantitative estimate of drug-likeness (QED) is 0.759. The lowest BCUT2D eigenvalue weighted by Crippen LogP contribution is -2.56. The average molecular weight is 436 g/mol. The molecule has 3 saturated carbocycles. The standard InChI is InChI=1S/C27H37N3O2/c1-4-18-11-15-28-21(16-18)25(32)29-22-8-7-20-19-6-9-23-27(17-19,13-5-12-26(20,22)2)14-10-24(31)30(23)3/h10-11,14-16,19-20,22-23H,4-9,12-13,17H2,1-3H3,(H,29,32)/t19-,20+,22+,23-,26+,27-/m1/s1. The lowest BCUT2D eigenvalue weighted by Gasteiger charge is -2.55. The van der Waals surface area contributed by atoms with E-state index in [9.17, 15) is 9.59 Å². The number of amides is 2. The van der Waals surface area contributed by atoms with Gasteiger partial charge in [0.2, 0.25) is 5.91 Å². The molecule has 172 valence electrons. The summed E-state index contributed by atoms with van der Waals surface area (Å²) in [6.07, 6.45) is 15.9. The summed E-state index contributed by atoms with van der Waals surface area (Å²) >= 11 is 0. The Kier molecular flexibility index (Phi) is 5.42. The molecule has 2 amide bonds. The first kappa shape index (κ1) is 21.7. The number of carbonyl (C=O) groups excluding carboxylic acids is 2. The molecule has 5 rings (SSSR count). The molecular weight excluding hydrogens is 398 g/mol. The number of fused-ring (bicyclic) bond motifs is 3. The molecule has 0 aromatic carbocycles. The third-order valence-electron chi connectivity index (χ3n) is 9.60. The molecule has 2 heterocycles. The number of aromatic nitrogens is 1. The number of nitrogens with one attached hydrogen (secondary N) is 1. The van der Waals surface area contributed by atoms with Crippen LogP contribution in [0.5, 0.6) is 0 Å². The van der Waals surface area contributed by atoms with Crippen molar-refractivity contribution in [3.8, 4) is 0 Å². The fourth-order valence-corrected chi connectivity index (χ4v) is 7.83. The molecule has 32 heavy (non-hydrogen) atoms. The minimum atomic E-state index is -0.0234. The second-order valence-corrected chi connectivity index (χ2v) is 11.0.